The lowest BCUT2D eigenvalue weighted by molar-refractivity contribution is -0.145. The third-order valence-corrected chi connectivity index (χ3v) is 2.41. The van der Waals surface area contributed by atoms with Crippen molar-refractivity contribution < 1.29 is 19.1 Å². The fraction of sp³-hybridized carbons (Fsp3) is 0.818. The zero-order valence-corrected chi connectivity index (χ0v) is 9.90. The molecule has 1 rings (SSSR count). The Hall–Kier alpha value is -0.940. The lowest BCUT2D eigenvalue weighted by atomic mass is 10.3. The summed E-state index contributed by atoms with van der Waals surface area (Å²) in [6.07, 6.45) is 0.382. The quantitative estimate of drug-likeness (QED) is 0.473. The van der Waals surface area contributed by atoms with Crippen LogP contribution in [-0.4, -0.2) is 49.2 Å². The van der Waals surface area contributed by atoms with Gasteiger partial charge in [0.1, 0.15) is 0 Å². The molecule has 0 spiro atoms. The summed E-state index contributed by atoms with van der Waals surface area (Å²) in [5, 5.41) is 0. The highest BCUT2D eigenvalue weighted by Gasteiger charge is 2.27. The number of amides is 1. The van der Waals surface area contributed by atoms with Crippen molar-refractivity contribution >= 4 is 11.7 Å². The highest BCUT2D eigenvalue weighted by Crippen LogP contribution is 2.09. The maximum atomic E-state index is 11.3. The van der Waals surface area contributed by atoms with Gasteiger partial charge >= 0.3 is 0 Å². The van der Waals surface area contributed by atoms with Crippen molar-refractivity contribution in [2.24, 2.45) is 0 Å². The average molecular weight is 229 g/mol. The van der Waals surface area contributed by atoms with Gasteiger partial charge < -0.3 is 14.4 Å². The second kappa shape index (κ2) is 6.60. The van der Waals surface area contributed by atoms with Crippen LogP contribution in [0.25, 0.3) is 0 Å². The molecule has 0 unspecified atom stereocenters. The van der Waals surface area contributed by atoms with E-state index in [1.54, 1.807) is 4.90 Å². The highest BCUT2D eigenvalue weighted by molar-refractivity contribution is 6.05. The van der Waals surface area contributed by atoms with Crippen molar-refractivity contribution in [2.45, 2.75) is 33.0 Å². The third-order valence-electron chi connectivity index (χ3n) is 2.41. The summed E-state index contributed by atoms with van der Waals surface area (Å²) in [7, 11) is 0. The van der Waals surface area contributed by atoms with E-state index in [1.165, 1.54) is 0 Å². The Morgan fingerprint density at radius 2 is 1.88 bits per heavy atom. The largest absolute Gasteiger partial charge is 0.353 e. The van der Waals surface area contributed by atoms with Gasteiger partial charge in [0.25, 0.3) is 0 Å². The predicted octanol–water partition coefficient (Wildman–Crippen LogP) is 0.577. The summed E-state index contributed by atoms with van der Waals surface area (Å²) in [6, 6.07) is 0. The summed E-state index contributed by atoms with van der Waals surface area (Å²) in [6.45, 7) is 5.72. The molecule has 5 nitrogen and oxygen atoms in total. The van der Waals surface area contributed by atoms with Crippen molar-refractivity contribution in [2.75, 3.05) is 26.3 Å². The summed E-state index contributed by atoms with van der Waals surface area (Å²) in [4.78, 5) is 23.9. The van der Waals surface area contributed by atoms with E-state index in [4.69, 9.17) is 9.47 Å². The molecular formula is C11H19NO4. The number of rotatable bonds is 7. The molecule has 1 aliphatic heterocycles. The normalized spacial score (nSPS) is 16.6. The van der Waals surface area contributed by atoms with Crippen LogP contribution < -0.4 is 0 Å². The number of hydrogen-bond acceptors (Lipinski definition) is 4. The van der Waals surface area contributed by atoms with Gasteiger partial charge in [0, 0.05) is 26.2 Å². The van der Waals surface area contributed by atoms with E-state index in [0.29, 0.717) is 26.2 Å². The van der Waals surface area contributed by atoms with Crippen LogP contribution in [0.2, 0.25) is 0 Å². The van der Waals surface area contributed by atoms with Crippen LogP contribution in [0.5, 0.6) is 0 Å². The first-order chi connectivity index (χ1) is 7.67. The predicted molar refractivity (Wildman–Crippen MR) is 57.9 cm³/mol. The molecule has 0 aromatic rings. The number of nitrogens with zero attached hydrogens (tertiary/aromatic N) is 1. The number of ether oxygens (including phenoxy) is 2. The van der Waals surface area contributed by atoms with Crippen LogP contribution in [0.4, 0.5) is 0 Å². The third kappa shape index (κ3) is 3.90. The molecule has 0 N–H and O–H groups in total. The van der Waals surface area contributed by atoms with Gasteiger partial charge in [-0.05, 0) is 13.8 Å². The number of carbonyl (C=O) groups is 2. The minimum Gasteiger partial charge on any atom is -0.353 e. The lowest BCUT2D eigenvalue weighted by Gasteiger charge is -2.20. The Labute approximate surface area is 95.7 Å². The lowest BCUT2D eigenvalue weighted by Crippen LogP contribution is -2.30. The van der Waals surface area contributed by atoms with Crippen LogP contribution in [-0.2, 0) is 19.1 Å². The van der Waals surface area contributed by atoms with Gasteiger partial charge in [0.15, 0.2) is 12.1 Å². The fourth-order valence-corrected chi connectivity index (χ4v) is 1.69. The number of likely N-dealkylation sites (tertiary alicyclic amines) is 1. The molecule has 0 aromatic heterocycles. The van der Waals surface area contributed by atoms with Gasteiger partial charge in [-0.25, -0.2) is 0 Å². The van der Waals surface area contributed by atoms with E-state index in [2.05, 4.69) is 0 Å². The maximum Gasteiger partial charge on any atom is 0.230 e. The van der Waals surface area contributed by atoms with E-state index in [-0.39, 0.29) is 30.9 Å². The zero-order valence-electron chi connectivity index (χ0n) is 9.90. The van der Waals surface area contributed by atoms with Crippen LogP contribution in [0.3, 0.4) is 0 Å². The van der Waals surface area contributed by atoms with Gasteiger partial charge in [0.05, 0.1) is 13.0 Å². The SMILES string of the molecule is CCOC(CCN1CC(=O)CC1=O)OCC. The fourth-order valence-electron chi connectivity index (χ4n) is 1.69. The molecule has 0 aromatic carbocycles. The van der Waals surface area contributed by atoms with Crippen LogP contribution in [0.1, 0.15) is 26.7 Å². The molecule has 5 heteroatoms. The number of hydrogen-bond donors (Lipinski definition) is 0. The summed E-state index contributed by atoms with van der Waals surface area (Å²) in [5.74, 6) is -0.0916. The molecule has 0 bridgehead atoms. The summed E-state index contributed by atoms with van der Waals surface area (Å²) in [5.41, 5.74) is 0. The first-order valence-corrected chi connectivity index (χ1v) is 5.70. The molecule has 92 valence electrons. The minimum absolute atomic E-state index is 0.00521. The first-order valence-electron chi connectivity index (χ1n) is 5.70. The molecule has 1 saturated heterocycles. The highest BCUT2D eigenvalue weighted by atomic mass is 16.7. The van der Waals surface area contributed by atoms with E-state index < -0.39 is 0 Å². The van der Waals surface area contributed by atoms with Gasteiger partial charge in [0.2, 0.25) is 5.91 Å². The molecule has 16 heavy (non-hydrogen) atoms. The van der Waals surface area contributed by atoms with E-state index in [0.717, 1.165) is 0 Å². The summed E-state index contributed by atoms with van der Waals surface area (Å²) < 4.78 is 10.7. The van der Waals surface area contributed by atoms with Crippen LogP contribution in [0.15, 0.2) is 0 Å². The zero-order chi connectivity index (χ0) is 12.0. The molecular weight excluding hydrogens is 210 g/mol. The standard InChI is InChI=1S/C11H19NO4/c1-3-15-11(16-4-2)5-6-12-8-9(13)7-10(12)14/h11H,3-8H2,1-2H3. The smallest absolute Gasteiger partial charge is 0.230 e. The van der Waals surface area contributed by atoms with Crippen molar-refractivity contribution in [3.05, 3.63) is 0 Å². The Balaban J connectivity index is 2.31. The second-order valence-corrected chi connectivity index (χ2v) is 3.66. The van der Waals surface area contributed by atoms with Crippen molar-refractivity contribution in [1.82, 2.24) is 4.90 Å². The van der Waals surface area contributed by atoms with E-state index in [1.807, 2.05) is 13.8 Å². The molecule has 1 fully saturated rings. The monoisotopic (exact) mass is 229 g/mol. The number of ketones is 1. The molecule has 1 aliphatic rings. The van der Waals surface area contributed by atoms with Gasteiger partial charge in [-0.3, -0.25) is 9.59 Å². The molecule has 1 heterocycles. The Morgan fingerprint density at radius 3 is 2.31 bits per heavy atom. The Bertz CT molecular complexity index is 248. The molecule has 0 aliphatic carbocycles. The number of carbonyl (C=O) groups excluding carboxylic acids is 2. The van der Waals surface area contributed by atoms with E-state index >= 15 is 0 Å². The molecule has 0 saturated carbocycles. The second-order valence-electron chi connectivity index (χ2n) is 3.66. The van der Waals surface area contributed by atoms with Crippen molar-refractivity contribution in [3.8, 4) is 0 Å². The average Bonchev–Trinajstić information content (AvgIpc) is 2.54. The van der Waals surface area contributed by atoms with Crippen LogP contribution in [0, 0.1) is 0 Å². The van der Waals surface area contributed by atoms with Crippen LogP contribution >= 0.6 is 0 Å². The van der Waals surface area contributed by atoms with Gasteiger partial charge in [-0.1, -0.05) is 0 Å². The number of Topliss-reactive ketones (excluding diaryl/α,β-unsaturated/α-hetero) is 1. The Kier molecular flexibility index (Phi) is 5.42. The van der Waals surface area contributed by atoms with Gasteiger partial charge in [-0.15, -0.1) is 0 Å². The molecule has 0 radical (unpaired) electrons. The van der Waals surface area contributed by atoms with Crippen molar-refractivity contribution in [1.29, 1.82) is 0 Å². The topological polar surface area (TPSA) is 55.8 Å². The minimum atomic E-state index is -0.279. The molecule has 0 atom stereocenters. The first kappa shape index (κ1) is 13.1. The summed E-state index contributed by atoms with van der Waals surface area (Å²) >= 11 is 0. The van der Waals surface area contributed by atoms with E-state index in [9.17, 15) is 9.59 Å². The Morgan fingerprint density at radius 1 is 1.25 bits per heavy atom. The van der Waals surface area contributed by atoms with Gasteiger partial charge in [-0.2, -0.15) is 0 Å². The molecule has 1 amide bonds. The van der Waals surface area contributed by atoms with Crippen molar-refractivity contribution in [3.63, 3.8) is 0 Å². The maximum absolute atomic E-state index is 11.3.